The average molecular weight is 210 g/mol. The third kappa shape index (κ3) is 2.57. The second-order valence-electron chi connectivity index (χ2n) is 4.95. The average Bonchev–Trinajstić information content (AvgIpc) is 2.19. The molecule has 0 spiro atoms. The zero-order chi connectivity index (χ0) is 10.0. The number of ether oxygens (including phenoxy) is 1. The Hall–Kier alpha value is 0.115. The van der Waals surface area contributed by atoms with Gasteiger partial charge in [-0.1, -0.05) is 0 Å². The van der Waals surface area contributed by atoms with Gasteiger partial charge in [-0.25, -0.2) is 0 Å². The van der Waals surface area contributed by atoms with E-state index in [2.05, 4.69) is 26.7 Å². The van der Waals surface area contributed by atoms with Crippen molar-refractivity contribution >= 4 is 29.0 Å². The molecule has 0 radical (unpaired) electrons. The summed E-state index contributed by atoms with van der Waals surface area (Å²) < 4.78 is 7.04. The zero-order valence-corrected chi connectivity index (χ0v) is 10.0. The molecule has 1 nitrogen and oxygen atoms in total. The molecular formula is C11H19BOS. The van der Waals surface area contributed by atoms with Crippen LogP contribution in [-0.4, -0.2) is 36.6 Å². The maximum absolute atomic E-state index is 5.39. The molecule has 14 heavy (non-hydrogen) atoms. The molecule has 2 heterocycles. The van der Waals surface area contributed by atoms with E-state index in [0.29, 0.717) is 5.41 Å². The van der Waals surface area contributed by atoms with Crippen LogP contribution in [0.4, 0.5) is 0 Å². The molecule has 78 valence electrons. The van der Waals surface area contributed by atoms with E-state index in [1.165, 1.54) is 18.6 Å². The maximum atomic E-state index is 5.39. The van der Waals surface area contributed by atoms with Crippen LogP contribution in [-0.2, 0) is 4.74 Å². The van der Waals surface area contributed by atoms with E-state index in [0.717, 1.165) is 19.1 Å². The van der Waals surface area contributed by atoms with Crippen LogP contribution in [0.5, 0.6) is 0 Å². The van der Waals surface area contributed by atoms with Gasteiger partial charge in [0.15, 0.2) is 0 Å². The first kappa shape index (κ1) is 10.6. The Balaban J connectivity index is 1.99. The second kappa shape index (κ2) is 4.32. The topological polar surface area (TPSA) is 9.23 Å². The minimum atomic E-state index is 0.413. The van der Waals surface area contributed by atoms with E-state index >= 15 is 0 Å². The molecule has 0 aromatic heterocycles. The van der Waals surface area contributed by atoms with Gasteiger partial charge in [0.25, 0.3) is 0 Å². The Bertz CT molecular complexity index is 264. The van der Waals surface area contributed by atoms with Crippen LogP contribution in [0.25, 0.3) is 0 Å². The van der Waals surface area contributed by atoms with Crippen molar-refractivity contribution in [3.8, 4) is 0 Å². The van der Waals surface area contributed by atoms with Gasteiger partial charge in [0.1, 0.15) is 0 Å². The van der Waals surface area contributed by atoms with E-state index in [4.69, 9.17) is 4.74 Å². The van der Waals surface area contributed by atoms with E-state index in [1.807, 2.05) is 0 Å². The first-order chi connectivity index (χ1) is 6.67. The molecule has 2 rings (SSSR count). The molecule has 0 unspecified atom stereocenters. The summed E-state index contributed by atoms with van der Waals surface area (Å²) in [5, 5.41) is 0. The summed E-state index contributed by atoms with van der Waals surface area (Å²) in [6.07, 6.45) is 2.46. The number of hydrogen-bond donors (Lipinski definition) is 1. The Morgan fingerprint density at radius 3 is 2.71 bits per heavy atom. The van der Waals surface area contributed by atoms with Crippen molar-refractivity contribution in [3.05, 3.63) is 0 Å². The molecule has 2 aliphatic rings. The number of rotatable bonds is 1. The molecule has 0 atom stereocenters. The van der Waals surface area contributed by atoms with Crippen molar-refractivity contribution in [2.24, 2.45) is 11.3 Å². The fraction of sp³-hybridized carbons (Fsp3) is 0.818. The van der Waals surface area contributed by atoms with Crippen LogP contribution in [0.2, 0.25) is 0 Å². The van der Waals surface area contributed by atoms with Gasteiger partial charge in [-0.2, -0.15) is 0 Å². The molecule has 0 N–H and O–H groups in total. The third-order valence-electron chi connectivity index (χ3n) is 3.01. The fourth-order valence-electron chi connectivity index (χ4n) is 1.97. The van der Waals surface area contributed by atoms with Crippen molar-refractivity contribution in [1.82, 2.24) is 0 Å². The predicted molar refractivity (Wildman–Crippen MR) is 68.0 cm³/mol. The normalized spacial score (nSPS) is 27.4. The van der Waals surface area contributed by atoms with Crippen molar-refractivity contribution in [2.45, 2.75) is 26.7 Å². The predicted octanol–water partition coefficient (Wildman–Crippen LogP) is 1.55. The summed E-state index contributed by atoms with van der Waals surface area (Å²) >= 11 is 1.55. The summed E-state index contributed by atoms with van der Waals surface area (Å²) in [5.41, 5.74) is 0.413. The van der Waals surface area contributed by atoms with Gasteiger partial charge < -0.3 is 0 Å². The van der Waals surface area contributed by atoms with Crippen molar-refractivity contribution in [1.29, 1.82) is 0 Å². The molecule has 1 saturated heterocycles. The SMILES string of the molecule is CC1(C)C=BC(C2CCOCC2)=[SH]C1. The Labute approximate surface area is 91.1 Å². The van der Waals surface area contributed by atoms with Crippen LogP contribution >= 0.6 is 11.4 Å². The fourth-order valence-corrected chi connectivity index (χ4v) is 3.36. The molecule has 3 heteroatoms. The standard InChI is InChI=1S/C11H19BOS/c1-11(2)7-12-10(14-8-11)9-3-5-13-6-4-9/h7,9,14H,3-6,8H2,1-2H3. The Morgan fingerprint density at radius 2 is 2.14 bits per heavy atom. The summed E-state index contributed by atoms with van der Waals surface area (Å²) in [6.45, 7) is 8.93. The third-order valence-corrected chi connectivity index (χ3v) is 4.87. The van der Waals surface area contributed by atoms with E-state index in [9.17, 15) is 0 Å². The molecule has 2 aliphatic heterocycles. The van der Waals surface area contributed by atoms with Crippen LogP contribution in [0.15, 0.2) is 0 Å². The second-order valence-corrected chi connectivity index (χ2v) is 6.10. The summed E-state index contributed by atoms with van der Waals surface area (Å²) in [7, 11) is 0. The van der Waals surface area contributed by atoms with E-state index in [-0.39, 0.29) is 0 Å². The molecule has 0 aliphatic carbocycles. The molecule has 0 saturated carbocycles. The summed E-state index contributed by atoms with van der Waals surface area (Å²) in [5.74, 6) is 4.47. The number of thiol groups is 1. The Kier molecular flexibility index (Phi) is 3.28. The van der Waals surface area contributed by atoms with Gasteiger partial charge in [-0.15, -0.1) is 0 Å². The summed E-state index contributed by atoms with van der Waals surface area (Å²) in [6, 6.07) is 0. The van der Waals surface area contributed by atoms with Crippen LogP contribution < -0.4 is 0 Å². The van der Waals surface area contributed by atoms with Gasteiger partial charge in [-0.3, -0.25) is 0 Å². The van der Waals surface area contributed by atoms with Gasteiger partial charge in [-0.05, 0) is 0 Å². The molecule has 0 bridgehead atoms. The van der Waals surface area contributed by atoms with Crippen molar-refractivity contribution in [2.75, 3.05) is 19.0 Å². The first-order valence-corrected chi connectivity index (χ1v) is 6.57. The van der Waals surface area contributed by atoms with E-state index in [1.54, 1.807) is 16.1 Å². The summed E-state index contributed by atoms with van der Waals surface area (Å²) in [4.78, 5) is 0. The van der Waals surface area contributed by atoms with Gasteiger partial charge >= 0.3 is 90.7 Å². The molecule has 1 fully saturated rings. The first-order valence-electron chi connectivity index (χ1n) is 5.49. The molecule has 0 aromatic carbocycles. The molecular weight excluding hydrogens is 191 g/mol. The van der Waals surface area contributed by atoms with Gasteiger partial charge in [0.2, 0.25) is 0 Å². The van der Waals surface area contributed by atoms with Gasteiger partial charge in [0.05, 0.1) is 0 Å². The van der Waals surface area contributed by atoms with Crippen molar-refractivity contribution in [3.63, 3.8) is 0 Å². The molecule has 0 aromatic rings. The zero-order valence-electron chi connectivity index (χ0n) is 9.12. The molecule has 0 amide bonds. The van der Waals surface area contributed by atoms with Crippen LogP contribution in [0, 0.1) is 11.3 Å². The number of hydrogen-bond acceptors (Lipinski definition) is 1. The quantitative estimate of drug-likeness (QED) is 0.392. The Morgan fingerprint density at radius 1 is 1.43 bits per heavy atom. The van der Waals surface area contributed by atoms with Crippen molar-refractivity contribution < 1.29 is 4.74 Å². The van der Waals surface area contributed by atoms with Crippen LogP contribution in [0.1, 0.15) is 26.7 Å². The van der Waals surface area contributed by atoms with E-state index < -0.39 is 0 Å². The van der Waals surface area contributed by atoms with Gasteiger partial charge in [0, 0.05) is 0 Å². The monoisotopic (exact) mass is 210 g/mol. The van der Waals surface area contributed by atoms with Crippen LogP contribution in [0.3, 0.4) is 0 Å². The minimum absolute atomic E-state index is 0.413.